The molecule has 0 radical (unpaired) electrons. The molecular weight excluding hydrogens is 501 g/mol. The van der Waals surface area contributed by atoms with Crippen molar-refractivity contribution in [2.75, 3.05) is 6.54 Å². The van der Waals surface area contributed by atoms with Crippen LogP contribution in [0.3, 0.4) is 0 Å². The van der Waals surface area contributed by atoms with Gasteiger partial charge in [-0.25, -0.2) is 8.42 Å². The van der Waals surface area contributed by atoms with Gasteiger partial charge in [-0.05, 0) is 60.9 Å². The topological polar surface area (TPSA) is 60.1 Å². The lowest BCUT2D eigenvalue weighted by atomic mass is 10.1. The van der Waals surface area contributed by atoms with Crippen molar-refractivity contribution < 1.29 is 21.6 Å². The molecule has 1 aliphatic rings. The van der Waals surface area contributed by atoms with E-state index in [1.165, 1.54) is 12.1 Å². The predicted molar refractivity (Wildman–Crippen MR) is 135 cm³/mol. The van der Waals surface area contributed by atoms with Crippen LogP contribution >= 0.6 is 0 Å². The van der Waals surface area contributed by atoms with E-state index in [1.54, 1.807) is 45.0 Å². The van der Waals surface area contributed by atoms with E-state index in [4.69, 9.17) is 0 Å². The van der Waals surface area contributed by atoms with Crippen LogP contribution < -0.4 is 0 Å². The molecular formula is C27H23F3N4O2S. The van der Waals surface area contributed by atoms with Crippen molar-refractivity contribution in [3.05, 3.63) is 90.1 Å². The average molecular weight is 525 g/mol. The van der Waals surface area contributed by atoms with Gasteiger partial charge in [-0.2, -0.15) is 22.6 Å². The van der Waals surface area contributed by atoms with Crippen LogP contribution in [-0.4, -0.2) is 33.6 Å². The summed E-state index contributed by atoms with van der Waals surface area (Å²) in [6.45, 7) is 0.436. The fraction of sp³-hybridized carbons (Fsp3) is 0.222. The zero-order valence-electron chi connectivity index (χ0n) is 19.9. The van der Waals surface area contributed by atoms with Crippen LogP contribution in [0.4, 0.5) is 13.2 Å². The van der Waals surface area contributed by atoms with Gasteiger partial charge in [-0.15, -0.1) is 0 Å². The third-order valence-corrected chi connectivity index (χ3v) is 8.87. The normalized spacial score (nSPS) is 17.2. The number of aryl methyl sites for hydroxylation is 1. The summed E-state index contributed by atoms with van der Waals surface area (Å²) in [4.78, 5) is 0.167. The molecule has 0 saturated carbocycles. The standard InChI is InChI=1S/C27H23F3N4O2S/c1-32-17-25-26(31-32)22-16-21(37(35,36)33-15-5-8-23(33)18-6-3-2-4-7-18)13-14-24(22)34(25)20-11-9-19(10-12-20)27(28,29)30/h2-4,6-7,9-14,16-17,23H,5,8,15H2,1H3. The minimum Gasteiger partial charge on any atom is -0.306 e. The van der Waals surface area contributed by atoms with Gasteiger partial charge in [-0.3, -0.25) is 4.68 Å². The van der Waals surface area contributed by atoms with Crippen LogP contribution in [0.1, 0.15) is 30.0 Å². The fourth-order valence-corrected chi connectivity index (χ4v) is 6.98. The molecule has 0 aliphatic carbocycles. The third kappa shape index (κ3) is 3.91. The van der Waals surface area contributed by atoms with Gasteiger partial charge in [-0.1, -0.05) is 30.3 Å². The number of hydrogen-bond acceptors (Lipinski definition) is 3. The van der Waals surface area contributed by atoms with E-state index in [2.05, 4.69) is 5.10 Å². The van der Waals surface area contributed by atoms with Crippen molar-refractivity contribution >= 4 is 32.0 Å². The van der Waals surface area contributed by atoms with Crippen molar-refractivity contribution in [2.24, 2.45) is 7.05 Å². The van der Waals surface area contributed by atoms with Crippen molar-refractivity contribution in [1.29, 1.82) is 0 Å². The Morgan fingerprint density at radius 3 is 2.38 bits per heavy atom. The van der Waals surface area contributed by atoms with Crippen LogP contribution in [-0.2, 0) is 23.2 Å². The first-order valence-corrected chi connectivity index (χ1v) is 13.3. The molecule has 0 amide bonds. The highest BCUT2D eigenvalue weighted by Crippen LogP contribution is 2.39. The summed E-state index contributed by atoms with van der Waals surface area (Å²) in [5.41, 5.74) is 2.68. The van der Waals surface area contributed by atoms with E-state index in [-0.39, 0.29) is 10.9 Å². The number of fused-ring (bicyclic) bond motifs is 3. The number of alkyl halides is 3. The fourth-order valence-electron chi connectivity index (χ4n) is 5.27. The summed E-state index contributed by atoms with van der Waals surface area (Å²) >= 11 is 0. The molecule has 0 bridgehead atoms. The van der Waals surface area contributed by atoms with E-state index in [9.17, 15) is 21.6 Å². The molecule has 0 spiro atoms. The summed E-state index contributed by atoms with van der Waals surface area (Å²) in [5, 5.41) is 5.15. The van der Waals surface area contributed by atoms with Crippen LogP contribution in [0, 0.1) is 0 Å². The summed E-state index contributed by atoms with van der Waals surface area (Å²) in [6.07, 6.45) is -1.14. The van der Waals surface area contributed by atoms with E-state index in [0.29, 0.717) is 34.2 Å². The number of hydrogen-bond donors (Lipinski definition) is 0. The Hall–Kier alpha value is -3.63. The lowest BCUT2D eigenvalue weighted by Gasteiger charge is -2.24. The number of sulfonamides is 1. The maximum Gasteiger partial charge on any atom is 0.416 e. The predicted octanol–water partition coefficient (Wildman–Crippen LogP) is 6.06. The van der Waals surface area contributed by atoms with Gasteiger partial charge in [0.1, 0.15) is 5.52 Å². The molecule has 1 atom stereocenters. The maximum atomic E-state index is 13.8. The molecule has 0 N–H and O–H groups in total. The summed E-state index contributed by atoms with van der Waals surface area (Å²) in [5.74, 6) is 0. The molecule has 1 unspecified atom stereocenters. The van der Waals surface area contributed by atoms with Gasteiger partial charge in [0, 0.05) is 30.9 Å². The molecule has 1 saturated heterocycles. The molecule has 1 aliphatic heterocycles. The van der Waals surface area contributed by atoms with Crippen molar-refractivity contribution in [1.82, 2.24) is 18.7 Å². The zero-order valence-corrected chi connectivity index (χ0v) is 20.7. The highest BCUT2D eigenvalue weighted by atomic mass is 32.2. The zero-order chi connectivity index (χ0) is 25.9. The van der Waals surface area contributed by atoms with Crippen LogP contribution in [0.5, 0.6) is 0 Å². The van der Waals surface area contributed by atoms with Crippen molar-refractivity contribution in [2.45, 2.75) is 30.0 Å². The quantitative estimate of drug-likeness (QED) is 0.287. The van der Waals surface area contributed by atoms with Gasteiger partial charge in [0.2, 0.25) is 10.0 Å². The first-order valence-electron chi connectivity index (χ1n) is 11.9. The van der Waals surface area contributed by atoms with Crippen molar-refractivity contribution in [3.8, 4) is 5.69 Å². The monoisotopic (exact) mass is 524 g/mol. The molecule has 6 rings (SSSR count). The smallest absolute Gasteiger partial charge is 0.306 e. The lowest BCUT2D eigenvalue weighted by Crippen LogP contribution is -2.30. The molecule has 190 valence electrons. The third-order valence-electron chi connectivity index (χ3n) is 6.96. The van der Waals surface area contributed by atoms with Gasteiger partial charge in [0.25, 0.3) is 0 Å². The summed E-state index contributed by atoms with van der Waals surface area (Å²) in [6, 6.07) is 19.2. The van der Waals surface area contributed by atoms with Gasteiger partial charge in [0.05, 0.1) is 27.5 Å². The van der Waals surface area contributed by atoms with Crippen molar-refractivity contribution in [3.63, 3.8) is 0 Å². The summed E-state index contributed by atoms with van der Waals surface area (Å²) in [7, 11) is -2.05. The van der Waals surface area contributed by atoms with Crippen LogP contribution in [0.15, 0.2) is 83.9 Å². The molecule has 1 fully saturated rings. The minimum absolute atomic E-state index is 0.167. The lowest BCUT2D eigenvalue weighted by molar-refractivity contribution is -0.137. The number of halogens is 3. The van der Waals surface area contributed by atoms with E-state index < -0.39 is 21.8 Å². The van der Waals surface area contributed by atoms with Crippen LogP contribution in [0.2, 0.25) is 0 Å². The number of benzene rings is 3. The van der Waals surface area contributed by atoms with Gasteiger partial charge >= 0.3 is 6.18 Å². The molecule has 37 heavy (non-hydrogen) atoms. The Bertz CT molecular complexity index is 1720. The largest absolute Gasteiger partial charge is 0.416 e. The van der Waals surface area contributed by atoms with E-state index in [0.717, 1.165) is 30.5 Å². The Morgan fingerprint density at radius 1 is 0.946 bits per heavy atom. The molecule has 10 heteroatoms. The number of aromatic nitrogens is 3. The van der Waals surface area contributed by atoms with E-state index in [1.807, 2.05) is 30.3 Å². The molecule has 2 aromatic heterocycles. The Morgan fingerprint density at radius 2 is 1.68 bits per heavy atom. The Labute approximate surface area is 211 Å². The van der Waals surface area contributed by atoms with Gasteiger partial charge in [0.15, 0.2) is 0 Å². The number of nitrogens with zero attached hydrogens (tertiary/aromatic N) is 4. The molecule has 3 aromatic carbocycles. The SMILES string of the molecule is Cn1cc2c(n1)c1cc(S(=O)(=O)N3CCCC3c3ccccc3)ccc1n2-c1ccc(C(F)(F)F)cc1. The first-order chi connectivity index (χ1) is 17.6. The Balaban J connectivity index is 1.47. The second kappa shape index (κ2) is 8.46. The summed E-state index contributed by atoms with van der Waals surface area (Å²) < 4.78 is 71.9. The molecule has 6 nitrogen and oxygen atoms in total. The first kappa shape index (κ1) is 23.7. The van der Waals surface area contributed by atoms with Crippen LogP contribution in [0.25, 0.3) is 27.6 Å². The van der Waals surface area contributed by atoms with E-state index >= 15 is 0 Å². The van der Waals surface area contributed by atoms with Gasteiger partial charge < -0.3 is 4.57 Å². The molecule has 5 aromatic rings. The second-order valence-electron chi connectivity index (χ2n) is 9.28. The maximum absolute atomic E-state index is 13.8. The Kier molecular flexibility index (Phi) is 5.43. The minimum atomic E-state index is -4.43. The number of rotatable bonds is 4. The average Bonchev–Trinajstić information content (AvgIpc) is 3.58. The highest BCUT2D eigenvalue weighted by molar-refractivity contribution is 7.89. The second-order valence-corrected chi connectivity index (χ2v) is 11.2. The highest BCUT2D eigenvalue weighted by Gasteiger charge is 2.36. The molecule has 3 heterocycles.